The lowest BCUT2D eigenvalue weighted by Gasteiger charge is -2.19. The number of halogens is 1. The van der Waals surface area contributed by atoms with Crippen molar-refractivity contribution in [3.63, 3.8) is 0 Å². The summed E-state index contributed by atoms with van der Waals surface area (Å²) in [5.41, 5.74) is 2.01. The van der Waals surface area contributed by atoms with Crippen molar-refractivity contribution in [1.82, 2.24) is 4.90 Å². The number of nitrogens with one attached hydrogen (secondary N) is 1. The minimum Gasteiger partial charge on any atom is -0.452 e. The van der Waals surface area contributed by atoms with E-state index in [1.54, 1.807) is 16.7 Å². The van der Waals surface area contributed by atoms with Crippen LogP contribution in [0.2, 0.25) is 0 Å². The first-order chi connectivity index (χ1) is 13.8. The Hall–Kier alpha value is -2.74. The zero-order valence-electron chi connectivity index (χ0n) is 16.4. The molecule has 0 bridgehead atoms. The number of hydrogen-bond donors (Lipinski definition) is 1. The molecule has 2 amide bonds. The maximum absolute atomic E-state index is 12.9. The number of nitrogens with zero attached hydrogens (tertiary/aromatic N) is 1. The second kappa shape index (κ2) is 9.17. The highest BCUT2D eigenvalue weighted by molar-refractivity contribution is 7.10. The first-order valence-corrected chi connectivity index (χ1v) is 10.3. The van der Waals surface area contributed by atoms with E-state index >= 15 is 0 Å². The van der Waals surface area contributed by atoms with Crippen LogP contribution in [0.15, 0.2) is 29.6 Å². The third kappa shape index (κ3) is 5.41. The van der Waals surface area contributed by atoms with Gasteiger partial charge in [0.05, 0.1) is 12.1 Å². The predicted molar refractivity (Wildman–Crippen MR) is 108 cm³/mol. The Morgan fingerprint density at radius 3 is 2.72 bits per heavy atom. The molecule has 1 N–H and O–H groups in total. The van der Waals surface area contributed by atoms with Crippen LogP contribution in [-0.4, -0.2) is 42.9 Å². The first-order valence-electron chi connectivity index (χ1n) is 9.39. The second-order valence-corrected chi connectivity index (χ2v) is 8.24. The summed E-state index contributed by atoms with van der Waals surface area (Å²) in [5, 5.41) is 4.37. The monoisotopic (exact) mass is 418 g/mol. The van der Waals surface area contributed by atoms with Gasteiger partial charge in [-0.25, -0.2) is 9.18 Å². The average Bonchev–Trinajstić information content (AvgIpc) is 3.10. The molecule has 1 aromatic heterocycles. The van der Waals surface area contributed by atoms with Crippen LogP contribution in [0.3, 0.4) is 0 Å². The Morgan fingerprint density at radius 2 is 2.00 bits per heavy atom. The number of esters is 1. The van der Waals surface area contributed by atoms with Crippen molar-refractivity contribution < 1.29 is 23.5 Å². The maximum atomic E-state index is 12.9. The molecule has 1 aromatic carbocycles. The fourth-order valence-corrected chi connectivity index (χ4v) is 4.43. The SMILES string of the molecule is C[C@@H]1CCc2c(C(=O)OCC(=O)N(C)CC(=O)Nc3ccc(F)cc3)csc2C1. The lowest BCUT2D eigenvalue weighted by Crippen LogP contribution is -2.37. The number of fused-ring (bicyclic) bond motifs is 1. The molecule has 1 heterocycles. The van der Waals surface area contributed by atoms with Gasteiger partial charge in [0.15, 0.2) is 6.61 Å². The van der Waals surface area contributed by atoms with Crippen molar-refractivity contribution >= 4 is 34.8 Å². The van der Waals surface area contributed by atoms with Crippen molar-refractivity contribution in [2.75, 3.05) is 25.5 Å². The van der Waals surface area contributed by atoms with E-state index in [1.807, 2.05) is 0 Å². The summed E-state index contributed by atoms with van der Waals surface area (Å²) in [6, 6.07) is 5.32. The molecule has 0 saturated carbocycles. The normalized spacial score (nSPS) is 15.3. The minimum absolute atomic E-state index is 0.209. The van der Waals surface area contributed by atoms with Crippen LogP contribution in [0.25, 0.3) is 0 Å². The van der Waals surface area contributed by atoms with Crippen molar-refractivity contribution in [3.05, 3.63) is 51.5 Å². The number of anilines is 1. The molecule has 8 heteroatoms. The zero-order chi connectivity index (χ0) is 21.0. The molecule has 3 rings (SSSR count). The third-order valence-electron chi connectivity index (χ3n) is 4.88. The summed E-state index contributed by atoms with van der Waals surface area (Å²) in [6.07, 6.45) is 2.86. The van der Waals surface area contributed by atoms with Gasteiger partial charge >= 0.3 is 5.97 Å². The van der Waals surface area contributed by atoms with Crippen LogP contribution < -0.4 is 5.32 Å². The average molecular weight is 418 g/mol. The number of benzene rings is 1. The Kier molecular flexibility index (Phi) is 6.64. The highest BCUT2D eigenvalue weighted by Crippen LogP contribution is 2.33. The molecule has 29 heavy (non-hydrogen) atoms. The fraction of sp³-hybridized carbons (Fsp3) is 0.381. The summed E-state index contributed by atoms with van der Waals surface area (Å²) in [6.45, 7) is 1.56. The lowest BCUT2D eigenvalue weighted by atomic mass is 9.88. The standard InChI is InChI=1S/C21H23FN2O4S/c1-13-3-8-16-17(12-29-18(16)9-13)21(27)28-11-20(26)24(2)10-19(25)23-15-6-4-14(22)5-7-15/h4-7,12-13H,3,8-11H2,1-2H3,(H,23,25)/t13-/m1/s1. The van der Waals surface area contributed by atoms with E-state index in [0.717, 1.165) is 24.8 Å². The quantitative estimate of drug-likeness (QED) is 0.731. The second-order valence-electron chi connectivity index (χ2n) is 7.28. The molecule has 0 unspecified atom stereocenters. The van der Waals surface area contributed by atoms with Gasteiger partial charge in [-0.15, -0.1) is 11.3 Å². The Morgan fingerprint density at radius 1 is 1.28 bits per heavy atom. The molecule has 0 spiro atoms. The van der Waals surface area contributed by atoms with Gasteiger partial charge in [0.2, 0.25) is 5.91 Å². The molecule has 6 nitrogen and oxygen atoms in total. The molecule has 0 fully saturated rings. The molecule has 0 saturated heterocycles. The summed E-state index contributed by atoms with van der Waals surface area (Å²) >= 11 is 1.56. The van der Waals surface area contributed by atoms with Gasteiger partial charge in [-0.1, -0.05) is 6.92 Å². The molecule has 0 radical (unpaired) electrons. The topological polar surface area (TPSA) is 75.7 Å². The van der Waals surface area contributed by atoms with E-state index in [-0.39, 0.29) is 6.54 Å². The number of ether oxygens (including phenoxy) is 1. The van der Waals surface area contributed by atoms with Crippen LogP contribution in [0, 0.1) is 11.7 Å². The van der Waals surface area contributed by atoms with Gasteiger partial charge in [-0.3, -0.25) is 9.59 Å². The molecule has 0 aliphatic heterocycles. The molecule has 1 atom stereocenters. The summed E-state index contributed by atoms with van der Waals surface area (Å²) < 4.78 is 18.1. The van der Waals surface area contributed by atoms with Gasteiger partial charge in [0.1, 0.15) is 5.82 Å². The highest BCUT2D eigenvalue weighted by atomic mass is 32.1. The van der Waals surface area contributed by atoms with Gasteiger partial charge in [-0.2, -0.15) is 0 Å². The van der Waals surface area contributed by atoms with Crippen LogP contribution in [0.5, 0.6) is 0 Å². The molecular weight excluding hydrogens is 395 g/mol. The van der Waals surface area contributed by atoms with Gasteiger partial charge in [0, 0.05) is 23.0 Å². The predicted octanol–water partition coefficient (Wildman–Crippen LogP) is 3.27. The van der Waals surface area contributed by atoms with Gasteiger partial charge < -0.3 is 15.0 Å². The summed E-state index contributed by atoms with van der Waals surface area (Å²) in [7, 11) is 1.45. The van der Waals surface area contributed by atoms with Crippen molar-refractivity contribution in [3.8, 4) is 0 Å². The van der Waals surface area contributed by atoms with Crippen molar-refractivity contribution in [2.24, 2.45) is 5.92 Å². The number of carbonyl (C=O) groups is 3. The van der Waals surface area contributed by atoms with Crippen molar-refractivity contribution in [2.45, 2.75) is 26.2 Å². The summed E-state index contributed by atoms with van der Waals surface area (Å²) in [5.74, 6) is -1.21. The number of carbonyl (C=O) groups excluding carboxylic acids is 3. The first kappa shape index (κ1) is 21.0. The van der Waals surface area contributed by atoms with Crippen LogP contribution >= 0.6 is 11.3 Å². The van der Waals surface area contributed by atoms with Crippen LogP contribution in [0.4, 0.5) is 10.1 Å². The summed E-state index contributed by atoms with van der Waals surface area (Å²) in [4.78, 5) is 39.0. The molecule has 2 aromatic rings. The molecule has 1 aliphatic carbocycles. The molecular formula is C21H23FN2O4S. The van der Waals surface area contributed by atoms with E-state index in [2.05, 4.69) is 12.2 Å². The Labute approximate surface area is 172 Å². The van der Waals surface area contributed by atoms with E-state index in [4.69, 9.17) is 4.74 Å². The number of hydrogen-bond acceptors (Lipinski definition) is 5. The van der Waals surface area contributed by atoms with E-state index in [0.29, 0.717) is 17.2 Å². The highest BCUT2D eigenvalue weighted by Gasteiger charge is 2.25. The number of thiophene rings is 1. The van der Waals surface area contributed by atoms with E-state index < -0.39 is 30.2 Å². The largest absolute Gasteiger partial charge is 0.452 e. The molecule has 1 aliphatic rings. The zero-order valence-corrected chi connectivity index (χ0v) is 17.2. The van der Waals surface area contributed by atoms with E-state index in [1.165, 1.54) is 41.1 Å². The maximum Gasteiger partial charge on any atom is 0.339 e. The Balaban J connectivity index is 1.48. The smallest absolute Gasteiger partial charge is 0.339 e. The minimum atomic E-state index is -0.505. The van der Waals surface area contributed by atoms with Crippen molar-refractivity contribution in [1.29, 1.82) is 0 Å². The number of rotatable bonds is 6. The fourth-order valence-electron chi connectivity index (χ4n) is 3.20. The van der Waals surface area contributed by atoms with Gasteiger partial charge in [0.25, 0.3) is 5.91 Å². The van der Waals surface area contributed by atoms with E-state index in [9.17, 15) is 18.8 Å². The molecule has 154 valence electrons. The van der Waals surface area contributed by atoms with Crippen LogP contribution in [-0.2, 0) is 27.2 Å². The number of likely N-dealkylation sites (N-methyl/N-ethyl adjacent to an activating group) is 1. The van der Waals surface area contributed by atoms with Gasteiger partial charge in [-0.05, 0) is 55.0 Å². The number of amides is 2. The Bertz CT molecular complexity index is 910. The third-order valence-corrected chi connectivity index (χ3v) is 5.93. The lowest BCUT2D eigenvalue weighted by molar-refractivity contribution is -0.136. The van der Waals surface area contributed by atoms with Crippen LogP contribution in [0.1, 0.15) is 34.1 Å².